The van der Waals surface area contributed by atoms with E-state index in [-0.39, 0.29) is 66.0 Å². The smallest absolute Gasteiger partial charge is 0.306 e. The van der Waals surface area contributed by atoms with Gasteiger partial charge in [0, 0.05) is 37.1 Å². The van der Waals surface area contributed by atoms with Gasteiger partial charge in [-0.2, -0.15) is 0 Å². The van der Waals surface area contributed by atoms with Crippen LogP contribution in [0.4, 0.5) is 0 Å². The second-order valence-corrected chi connectivity index (χ2v) is 23.1. The monoisotopic (exact) mass is 954 g/mol. The Morgan fingerprint density at radius 2 is 1.38 bits per heavy atom. The number of piperidine rings is 1. The van der Waals surface area contributed by atoms with Gasteiger partial charge in [0.05, 0.1) is 38.8 Å². The zero-order chi connectivity index (χ0) is 48.9. The molecule has 4 rings (SSSR count). The molecule has 1 heterocycles. The Hall–Kier alpha value is -1.78. The summed E-state index contributed by atoms with van der Waals surface area (Å²) in [6.07, 6.45) is 44.1. The Balaban J connectivity index is 1.07. The van der Waals surface area contributed by atoms with Gasteiger partial charge in [-0.15, -0.1) is 0 Å². The Bertz CT molecular complexity index is 1420. The van der Waals surface area contributed by atoms with Crippen LogP contribution in [0.1, 0.15) is 240 Å². The molecule has 0 aromatic rings. The van der Waals surface area contributed by atoms with Crippen molar-refractivity contribution in [2.24, 2.45) is 40.6 Å². The maximum absolute atomic E-state index is 13.0. The highest BCUT2D eigenvalue weighted by atomic mass is 16.6. The molecule has 3 aliphatic carbocycles. The number of esters is 2. The van der Waals surface area contributed by atoms with Crippen LogP contribution in [0.15, 0.2) is 24.3 Å². The lowest BCUT2D eigenvalue weighted by Gasteiger charge is -2.60. The first-order valence-electron chi connectivity index (χ1n) is 29.0. The van der Waals surface area contributed by atoms with Crippen molar-refractivity contribution in [3.8, 4) is 0 Å². The fourth-order valence-corrected chi connectivity index (χ4v) is 12.8. The van der Waals surface area contributed by atoms with E-state index in [9.17, 15) is 9.59 Å². The molecule has 2 saturated carbocycles. The van der Waals surface area contributed by atoms with Crippen molar-refractivity contribution in [2.75, 3.05) is 46.1 Å². The molecule has 0 bridgehead atoms. The van der Waals surface area contributed by atoms with E-state index in [1.807, 2.05) is 0 Å². The number of hydrogen-bond acceptors (Lipinski definition) is 9. The number of unbranched alkanes of at least 4 members (excludes halogenated alkanes) is 12. The molecule has 1 saturated heterocycles. The van der Waals surface area contributed by atoms with Gasteiger partial charge < -0.3 is 35.3 Å². The molecule has 1 aliphatic heterocycles. The molecule has 0 spiro atoms. The first-order valence-corrected chi connectivity index (χ1v) is 29.0. The number of allylic oxidation sites excluding steroid dienone is 3. The van der Waals surface area contributed by atoms with Crippen LogP contribution in [0, 0.1) is 29.1 Å². The fraction of sp³-hybridized carbons (Fsp3) is 0.898. The number of nitrogens with two attached hydrogens (primary N) is 2. The highest BCUT2D eigenvalue weighted by Crippen LogP contribution is 2.64. The lowest BCUT2D eigenvalue weighted by Crippen LogP contribution is -2.70. The van der Waals surface area contributed by atoms with Crippen LogP contribution in [0.3, 0.4) is 0 Å². The van der Waals surface area contributed by atoms with Gasteiger partial charge in [-0.05, 0) is 138 Å². The minimum atomic E-state index is -0.369. The number of nitrogens with zero attached hydrogens (tertiary/aromatic N) is 1. The van der Waals surface area contributed by atoms with Crippen molar-refractivity contribution in [1.29, 1.82) is 0 Å². The maximum atomic E-state index is 13.0. The van der Waals surface area contributed by atoms with Crippen LogP contribution >= 0.6 is 0 Å². The molecular formula is C59H107N3O6. The molecule has 68 heavy (non-hydrogen) atoms. The average Bonchev–Trinajstić information content (AvgIpc) is 3.59. The third-order valence-electron chi connectivity index (χ3n) is 17.2. The summed E-state index contributed by atoms with van der Waals surface area (Å²) in [7, 11) is 0. The first kappa shape index (κ1) is 58.8. The van der Waals surface area contributed by atoms with E-state index in [0.29, 0.717) is 37.9 Å². The third kappa shape index (κ3) is 20.7. The maximum Gasteiger partial charge on any atom is 0.306 e. The molecule has 8 unspecified atom stereocenters. The zero-order valence-electron chi connectivity index (χ0n) is 44.9. The second-order valence-electron chi connectivity index (χ2n) is 23.1. The van der Waals surface area contributed by atoms with E-state index in [2.05, 4.69) is 63.8 Å². The summed E-state index contributed by atoms with van der Waals surface area (Å²) in [4.78, 5) is 28.2. The Morgan fingerprint density at radius 3 is 2.10 bits per heavy atom. The highest BCUT2D eigenvalue weighted by molar-refractivity contribution is 5.77. The first-order chi connectivity index (χ1) is 32.9. The number of fused-ring (bicyclic) bond motifs is 3. The van der Waals surface area contributed by atoms with Crippen molar-refractivity contribution < 1.29 is 28.5 Å². The van der Waals surface area contributed by atoms with Gasteiger partial charge in [-0.1, -0.05) is 142 Å². The van der Waals surface area contributed by atoms with Crippen molar-refractivity contribution in [3.63, 3.8) is 0 Å². The van der Waals surface area contributed by atoms with Crippen LogP contribution in [0.5, 0.6) is 0 Å². The van der Waals surface area contributed by atoms with Gasteiger partial charge in [0.1, 0.15) is 6.10 Å². The molecule has 0 aromatic heterocycles. The number of hydrogen-bond donors (Lipinski definition) is 2. The quantitative estimate of drug-likeness (QED) is 0.0368. The summed E-state index contributed by atoms with van der Waals surface area (Å²) in [5, 5.41) is 0. The van der Waals surface area contributed by atoms with Gasteiger partial charge >= 0.3 is 11.9 Å². The standard InChI is InChI=1S/C59H107N3O6/c1-6-7-8-9-10-11-12-13-14-15-16-17-18-19-20-26-44-65-48-52(47-62-42-24-21-25-43-62)66-45-29-46-67-55(63)35-36-56(64)68-51-32-22-23-34-54-58(60,38-28-33-51)41-40-57(5)53(37-39-59(54,57)61)50(4)31-27-30-49(2)3/h13-14,22-23,49-54H,6-12,15-21,24-48,60-61H2,1-5H3. The molecule has 8 atom stereocenters. The van der Waals surface area contributed by atoms with E-state index in [4.69, 9.17) is 30.4 Å². The summed E-state index contributed by atoms with van der Waals surface area (Å²) in [6.45, 7) is 17.2. The number of carbonyl (C=O) groups excluding carboxylic acids is 2. The largest absolute Gasteiger partial charge is 0.466 e. The molecular weight excluding hydrogens is 847 g/mol. The minimum absolute atomic E-state index is 0.00943. The fourth-order valence-electron chi connectivity index (χ4n) is 12.8. The molecule has 3 fully saturated rings. The van der Waals surface area contributed by atoms with Gasteiger partial charge in [-0.3, -0.25) is 9.59 Å². The molecule has 9 heteroatoms. The molecule has 394 valence electrons. The number of likely N-dealkylation sites (tertiary alicyclic amines) is 1. The summed E-state index contributed by atoms with van der Waals surface area (Å²) in [5.41, 5.74) is 14.6. The van der Waals surface area contributed by atoms with Gasteiger partial charge in [0.25, 0.3) is 0 Å². The summed E-state index contributed by atoms with van der Waals surface area (Å²) < 4.78 is 24.0. The number of rotatable bonds is 34. The van der Waals surface area contributed by atoms with Crippen LogP contribution in [-0.4, -0.2) is 86.2 Å². The van der Waals surface area contributed by atoms with Gasteiger partial charge in [0.15, 0.2) is 0 Å². The second kappa shape index (κ2) is 33.0. The van der Waals surface area contributed by atoms with E-state index < -0.39 is 0 Å². The lowest BCUT2D eigenvalue weighted by atomic mass is 9.49. The molecule has 0 radical (unpaired) electrons. The predicted molar refractivity (Wildman–Crippen MR) is 282 cm³/mol. The zero-order valence-corrected chi connectivity index (χ0v) is 44.9. The highest BCUT2D eigenvalue weighted by Gasteiger charge is 2.65. The Labute approximate surface area is 418 Å². The van der Waals surface area contributed by atoms with E-state index in [0.717, 1.165) is 83.5 Å². The van der Waals surface area contributed by atoms with Crippen molar-refractivity contribution in [2.45, 2.75) is 263 Å². The average molecular weight is 955 g/mol. The van der Waals surface area contributed by atoms with Crippen LogP contribution in [-0.2, 0) is 28.5 Å². The van der Waals surface area contributed by atoms with Crippen molar-refractivity contribution in [1.82, 2.24) is 4.90 Å². The summed E-state index contributed by atoms with van der Waals surface area (Å²) in [5.74, 6) is 1.62. The Kier molecular flexibility index (Phi) is 28.6. The summed E-state index contributed by atoms with van der Waals surface area (Å²) in [6, 6.07) is 0. The number of carbonyl (C=O) groups is 2. The van der Waals surface area contributed by atoms with Crippen molar-refractivity contribution in [3.05, 3.63) is 24.3 Å². The van der Waals surface area contributed by atoms with Crippen LogP contribution < -0.4 is 11.5 Å². The van der Waals surface area contributed by atoms with Crippen molar-refractivity contribution >= 4 is 11.9 Å². The van der Waals surface area contributed by atoms with Crippen LogP contribution in [0.2, 0.25) is 0 Å². The predicted octanol–water partition coefficient (Wildman–Crippen LogP) is 13.7. The third-order valence-corrected chi connectivity index (χ3v) is 17.2. The van der Waals surface area contributed by atoms with Crippen LogP contribution in [0.25, 0.3) is 0 Å². The Morgan fingerprint density at radius 1 is 0.706 bits per heavy atom. The molecule has 9 nitrogen and oxygen atoms in total. The minimum Gasteiger partial charge on any atom is -0.466 e. The van der Waals surface area contributed by atoms with Gasteiger partial charge in [0.2, 0.25) is 0 Å². The molecule has 0 amide bonds. The molecule has 4 aliphatic rings. The summed E-state index contributed by atoms with van der Waals surface area (Å²) >= 11 is 0. The number of ether oxygens (including phenoxy) is 4. The van der Waals surface area contributed by atoms with E-state index >= 15 is 0 Å². The van der Waals surface area contributed by atoms with Gasteiger partial charge in [-0.25, -0.2) is 0 Å². The SMILES string of the molecule is CCCCCCCCC=CCCCCCCCCOCC(CN1CCCCC1)OCCCOC(=O)CCC(=O)OC1CC=CCC2C(N)(CCC1)CCC1(C)C(C(C)CCCC(C)C)CCC21N. The normalized spacial score (nSPS) is 27.8. The molecule has 4 N–H and O–H groups in total. The van der Waals surface area contributed by atoms with E-state index in [1.165, 1.54) is 128 Å². The molecule has 0 aromatic carbocycles. The topological polar surface area (TPSA) is 126 Å². The lowest BCUT2D eigenvalue weighted by molar-refractivity contribution is -0.154. The van der Waals surface area contributed by atoms with E-state index in [1.54, 1.807) is 0 Å².